The van der Waals surface area contributed by atoms with Crippen molar-refractivity contribution in [1.82, 2.24) is 10.2 Å². The molecule has 6 nitrogen and oxygen atoms in total. The summed E-state index contributed by atoms with van der Waals surface area (Å²) in [6.07, 6.45) is 5.20. The van der Waals surface area contributed by atoms with Gasteiger partial charge in [0.2, 0.25) is 0 Å². The first-order valence-corrected chi connectivity index (χ1v) is 9.36. The van der Waals surface area contributed by atoms with Crippen molar-refractivity contribution in [3.05, 3.63) is 11.8 Å². The van der Waals surface area contributed by atoms with E-state index in [0.29, 0.717) is 12.5 Å². The zero-order chi connectivity index (χ0) is 19.7. The Morgan fingerprint density at radius 3 is 2.54 bits per heavy atom. The summed E-state index contributed by atoms with van der Waals surface area (Å²) in [5, 5.41) is 21.2. The number of fused-ring (bicyclic) bond motifs is 2. The Kier molecular flexibility index (Phi) is 5.70. The number of hydrogen-bond donors (Lipinski definition) is 2. The van der Waals surface area contributed by atoms with Crippen LogP contribution in [0.5, 0.6) is 0 Å². The highest BCUT2D eigenvalue weighted by molar-refractivity contribution is 5.99. The van der Waals surface area contributed by atoms with E-state index in [-0.39, 0.29) is 22.3 Å². The van der Waals surface area contributed by atoms with E-state index in [0.717, 1.165) is 25.8 Å². The Morgan fingerprint density at radius 2 is 2.00 bits per heavy atom. The quantitative estimate of drug-likeness (QED) is 0.560. The minimum absolute atomic E-state index is 0.0195. The number of likely N-dealkylation sites (tertiary alicyclic amines) is 1. The molecule has 144 valence electrons. The van der Waals surface area contributed by atoms with Crippen molar-refractivity contribution >= 4 is 11.9 Å². The number of carboxylic acids is 1. The van der Waals surface area contributed by atoms with Crippen LogP contribution >= 0.6 is 0 Å². The number of nitrogens with zero attached hydrogens (tertiary/aromatic N) is 2. The molecule has 3 unspecified atom stereocenters. The van der Waals surface area contributed by atoms with Gasteiger partial charge in [0.25, 0.3) is 5.91 Å². The Balaban J connectivity index is 2.14. The second kappa shape index (κ2) is 7.30. The summed E-state index contributed by atoms with van der Waals surface area (Å²) in [5.74, 6) is -1.55. The maximum atomic E-state index is 12.5. The maximum absolute atomic E-state index is 12.5. The number of carbonyl (C=O) groups excluding carboxylic acids is 1. The van der Waals surface area contributed by atoms with E-state index >= 15 is 0 Å². The SMILES string of the molecule is CC(C)CC(NC(=O)/C(C#N)=C\N1CC2(C)CC1CC(C)(C)C2)C(=O)O. The van der Waals surface area contributed by atoms with E-state index in [9.17, 15) is 20.0 Å². The molecule has 2 N–H and O–H groups in total. The lowest BCUT2D eigenvalue weighted by molar-refractivity contribution is -0.141. The Morgan fingerprint density at radius 1 is 1.35 bits per heavy atom. The smallest absolute Gasteiger partial charge is 0.326 e. The molecule has 3 atom stereocenters. The molecule has 2 rings (SSSR count). The predicted molar refractivity (Wildman–Crippen MR) is 99.0 cm³/mol. The van der Waals surface area contributed by atoms with Crippen molar-refractivity contribution in [1.29, 1.82) is 5.26 Å². The normalized spacial score (nSPS) is 28.6. The van der Waals surface area contributed by atoms with Crippen LogP contribution in [-0.2, 0) is 9.59 Å². The summed E-state index contributed by atoms with van der Waals surface area (Å²) < 4.78 is 0. The van der Waals surface area contributed by atoms with Gasteiger partial charge in [-0.1, -0.05) is 34.6 Å². The molecule has 2 aliphatic rings. The summed E-state index contributed by atoms with van der Waals surface area (Å²) in [4.78, 5) is 25.9. The molecule has 26 heavy (non-hydrogen) atoms. The first-order valence-electron chi connectivity index (χ1n) is 9.36. The van der Waals surface area contributed by atoms with Crippen LogP contribution in [0.1, 0.15) is 60.3 Å². The van der Waals surface area contributed by atoms with Crippen LogP contribution in [0.4, 0.5) is 0 Å². The minimum Gasteiger partial charge on any atom is -0.480 e. The topological polar surface area (TPSA) is 93.4 Å². The summed E-state index contributed by atoms with van der Waals surface area (Å²) in [6, 6.07) is 1.30. The fourth-order valence-electron chi connectivity index (χ4n) is 4.89. The molecule has 1 aliphatic heterocycles. The fourth-order valence-corrected chi connectivity index (χ4v) is 4.89. The number of rotatable bonds is 6. The Hall–Kier alpha value is -2.03. The molecule has 1 amide bonds. The molecule has 1 saturated heterocycles. The van der Waals surface area contributed by atoms with Crippen molar-refractivity contribution in [2.45, 2.75) is 72.4 Å². The van der Waals surface area contributed by atoms with Crippen LogP contribution in [0.15, 0.2) is 11.8 Å². The van der Waals surface area contributed by atoms with Gasteiger partial charge in [0.15, 0.2) is 0 Å². The van der Waals surface area contributed by atoms with Gasteiger partial charge in [-0.25, -0.2) is 4.79 Å². The number of nitriles is 1. The lowest BCUT2D eigenvalue weighted by Gasteiger charge is -2.39. The minimum atomic E-state index is -1.07. The molecule has 0 spiro atoms. The number of hydrogen-bond acceptors (Lipinski definition) is 4. The molecule has 1 saturated carbocycles. The van der Waals surface area contributed by atoms with Crippen LogP contribution in [0, 0.1) is 28.1 Å². The lowest BCUT2D eigenvalue weighted by Crippen LogP contribution is -2.42. The van der Waals surface area contributed by atoms with E-state index in [1.54, 1.807) is 6.20 Å². The van der Waals surface area contributed by atoms with Crippen LogP contribution < -0.4 is 5.32 Å². The van der Waals surface area contributed by atoms with Gasteiger partial charge in [0.1, 0.15) is 17.7 Å². The van der Waals surface area contributed by atoms with Gasteiger partial charge >= 0.3 is 5.97 Å². The molecule has 0 aromatic rings. The molecule has 1 aliphatic carbocycles. The fraction of sp³-hybridized carbons (Fsp3) is 0.750. The summed E-state index contributed by atoms with van der Waals surface area (Å²) in [5.41, 5.74) is 0.427. The third kappa shape index (κ3) is 4.78. The second-order valence-corrected chi connectivity index (χ2v) is 9.53. The van der Waals surface area contributed by atoms with Gasteiger partial charge in [-0.2, -0.15) is 5.26 Å². The van der Waals surface area contributed by atoms with Gasteiger partial charge in [-0.3, -0.25) is 4.79 Å². The molecule has 2 bridgehead atoms. The average Bonchev–Trinajstić information content (AvgIpc) is 2.71. The highest BCUT2D eigenvalue weighted by Crippen LogP contribution is 2.52. The number of amides is 1. The monoisotopic (exact) mass is 361 g/mol. The molecule has 6 heteroatoms. The Bertz CT molecular complexity index is 647. The van der Waals surface area contributed by atoms with Crippen LogP contribution in [0.2, 0.25) is 0 Å². The van der Waals surface area contributed by atoms with Crippen molar-refractivity contribution in [3.8, 4) is 6.07 Å². The van der Waals surface area contributed by atoms with Crippen LogP contribution in [-0.4, -0.2) is 40.5 Å². The zero-order valence-electron chi connectivity index (χ0n) is 16.5. The summed E-state index contributed by atoms with van der Waals surface area (Å²) in [6.45, 7) is 11.4. The zero-order valence-corrected chi connectivity index (χ0v) is 16.5. The molecule has 0 aromatic heterocycles. The molecule has 1 heterocycles. The average molecular weight is 361 g/mol. The van der Waals surface area contributed by atoms with Gasteiger partial charge in [-0.15, -0.1) is 0 Å². The van der Waals surface area contributed by atoms with Crippen molar-refractivity contribution < 1.29 is 14.7 Å². The number of carboxylic acid groups (broad SMARTS) is 1. The van der Waals surface area contributed by atoms with Gasteiger partial charge in [-0.05, 0) is 42.4 Å². The molecular weight excluding hydrogens is 330 g/mol. The van der Waals surface area contributed by atoms with Crippen molar-refractivity contribution in [3.63, 3.8) is 0 Å². The number of nitrogens with one attached hydrogen (secondary N) is 1. The van der Waals surface area contributed by atoms with E-state index in [4.69, 9.17) is 0 Å². The predicted octanol–water partition coefficient (Wildman–Crippen LogP) is 2.91. The number of carbonyl (C=O) groups is 2. The summed E-state index contributed by atoms with van der Waals surface area (Å²) >= 11 is 0. The molecule has 0 radical (unpaired) electrons. The first kappa shape index (κ1) is 20.3. The third-order valence-corrected chi connectivity index (χ3v) is 5.43. The van der Waals surface area contributed by atoms with Crippen LogP contribution in [0.25, 0.3) is 0 Å². The van der Waals surface area contributed by atoms with Gasteiger partial charge < -0.3 is 15.3 Å². The van der Waals surface area contributed by atoms with Gasteiger partial charge in [0, 0.05) is 18.8 Å². The molecule has 2 fully saturated rings. The maximum Gasteiger partial charge on any atom is 0.326 e. The summed E-state index contributed by atoms with van der Waals surface area (Å²) in [7, 11) is 0. The van der Waals surface area contributed by atoms with E-state index in [1.165, 1.54) is 0 Å². The van der Waals surface area contributed by atoms with Crippen molar-refractivity contribution in [2.75, 3.05) is 6.54 Å². The largest absolute Gasteiger partial charge is 0.480 e. The standard InChI is InChI=1S/C20H31N3O3/c1-13(2)6-16(18(25)26)22-17(24)14(9-21)10-23-12-20(5)8-15(23)7-19(3,4)11-20/h10,13,15-16H,6-8,11-12H2,1-5H3,(H,22,24)(H,25,26)/b14-10-. The second-order valence-electron chi connectivity index (χ2n) is 9.53. The van der Waals surface area contributed by atoms with E-state index in [1.807, 2.05) is 19.9 Å². The lowest BCUT2D eigenvalue weighted by atomic mass is 9.65. The third-order valence-electron chi connectivity index (χ3n) is 5.43. The highest BCUT2D eigenvalue weighted by Gasteiger charge is 2.49. The van der Waals surface area contributed by atoms with Crippen molar-refractivity contribution in [2.24, 2.45) is 16.7 Å². The van der Waals surface area contributed by atoms with Gasteiger partial charge in [0.05, 0.1) is 0 Å². The molecule has 0 aromatic carbocycles. The van der Waals surface area contributed by atoms with Crippen LogP contribution in [0.3, 0.4) is 0 Å². The van der Waals surface area contributed by atoms with E-state index < -0.39 is 17.9 Å². The number of aliphatic carboxylic acids is 1. The highest BCUT2D eigenvalue weighted by atomic mass is 16.4. The Labute approximate surface area is 156 Å². The first-order chi connectivity index (χ1) is 11.9. The molecular formula is C20H31N3O3. The van der Waals surface area contributed by atoms with E-state index in [2.05, 4.69) is 31.0 Å².